The average Bonchev–Trinajstić information content (AvgIpc) is 2.17. The summed E-state index contributed by atoms with van der Waals surface area (Å²) in [5.74, 6) is 0. The third-order valence-electron chi connectivity index (χ3n) is 3.09. The van der Waals surface area contributed by atoms with E-state index in [-0.39, 0.29) is 0 Å². The van der Waals surface area contributed by atoms with E-state index >= 15 is 0 Å². The van der Waals surface area contributed by atoms with Gasteiger partial charge in [-0.2, -0.15) is 0 Å². The van der Waals surface area contributed by atoms with Crippen molar-refractivity contribution in [3.05, 3.63) is 24.0 Å². The highest BCUT2D eigenvalue weighted by molar-refractivity contribution is 5.46. The Morgan fingerprint density at radius 3 is 2.67 bits per heavy atom. The van der Waals surface area contributed by atoms with E-state index < -0.39 is 5.60 Å². The number of piperidine rings is 1. The molecule has 2 heterocycles. The van der Waals surface area contributed by atoms with E-state index in [0.717, 1.165) is 31.6 Å². The Morgan fingerprint density at radius 1 is 1.40 bits per heavy atom. The summed E-state index contributed by atoms with van der Waals surface area (Å²) in [6.45, 7) is 5.78. The molecule has 0 unspecified atom stereocenters. The third-order valence-corrected chi connectivity index (χ3v) is 3.09. The van der Waals surface area contributed by atoms with E-state index in [9.17, 15) is 5.11 Å². The van der Waals surface area contributed by atoms with Gasteiger partial charge in [0.05, 0.1) is 5.60 Å². The normalized spacial score (nSPS) is 20.3. The summed E-state index contributed by atoms with van der Waals surface area (Å²) in [5.41, 5.74) is 1.79. The minimum Gasteiger partial charge on any atom is -0.390 e. The summed E-state index contributed by atoms with van der Waals surface area (Å²) in [4.78, 5) is 6.50. The lowest BCUT2D eigenvalue weighted by atomic mass is 9.93. The first-order valence-electron chi connectivity index (χ1n) is 5.47. The molecule has 1 aliphatic heterocycles. The van der Waals surface area contributed by atoms with Gasteiger partial charge in [0.25, 0.3) is 0 Å². The summed E-state index contributed by atoms with van der Waals surface area (Å²) in [6, 6.07) is 4.13. The maximum absolute atomic E-state index is 9.85. The van der Waals surface area contributed by atoms with Gasteiger partial charge in [0.1, 0.15) is 0 Å². The Balaban J connectivity index is 2.08. The van der Waals surface area contributed by atoms with Crippen molar-refractivity contribution < 1.29 is 5.11 Å². The maximum atomic E-state index is 9.85. The zero-order chi connectivity index (χ0) is 10.9. The van der Waals surface area contributed by atoms with E-state index in [1.165, 1.54) is 5.69 Å². The van der Waals surface area contributed by atoms with Crippen molar-refractivity contribution in [3.8, 4) is 0 Å². The van der Waals surface area contributed by atoms with Crippen molar-refractivity contribution >= 4 is 5.69 Å². The van der Waals surface area contributed by atoms with Crippen LogP contribution in [-0.2, 0) is 0 Å². The van der Waals surface area contributed by atoms with Gasteiger partial charge in [-0.1, -0.05) is 0 Å². The molecule has 3 nitrogen and oxygen atoms in total. The molecule has 0 amide bonds. The minimum absolute atomic E-state index is 0.474. The smallest absolute Gasteiger partial charge is 0.0653 e. The fourth-order valence-corrected chi connectivity index (χ4v) is 1.97. The molecule has 0 saturated carbocycles. The van der Waals surface area contributed by atoms with Crippen LogP contribution in [0.15, 0.2) is 18.3 Å². The van der Waals surface area contributed by atoms with Gasteiger partial charge in [-0.3, -0.25) is 4.98 Å². The van der Waals surface area contributed by atoms with Crippen LogP contribution < -0.4 is 4.90 Å². The molecule has 1 N–H and O–H groups in total. The summed E-state index contributed by atoms with van der Waals surface area (Å²) >= 11 is 0. The fraction of sp³-hybridized carbons (Fsp3) is 0.583. The molecule has 1 aromatic heterocycles. The molecule has 0 radical (unpaired) electrons. The Kier molecular flexibility index (Phi) is 2.65. The maximum Gasteiger partial charge on any atom is 0.0653 e. The molecule has 82 valence electrons. The topological polar surface area (TPSA) is 36.4 Å². The molecule has 0 spiro atoms. The molecular weight excluding hydrogens is 188 g/mol. The Bertz CT molecular complexity index is 339. The van der Waals surface area contributed by atoms with E-state index in [4.69, 9.17) is 0 Å². The molecule has 0 bridgehead atoms. The second-order valence-corrected chi connectivity index (χ2v) is 4.64. The van der Waals surface area contributed by atoms with Gasteiger partial charge in [0.2, 0.25) is 0 Å². The molecule has 0 aromatic carbocycles. The molecule has 0 atom stereocenters. The van der Waals surface area contributed by atoms with Crippen LogP contribution in [0.3, 0.4) is 0 Å². The molecule has 3 heteroatoms. The zero-order valence-electron chi connectivity index (χ0n) is 9.40. The summed E-state index contributed by atoms with van der Waals surface area (Å²) < 4.78 is 0. The van der Waals surface area contributed by atoms with Gasteiger partial charge in [0.15, 0.2) is 0 Å². The lowest BCUT2D eigenvalue weighted by Crippen LogP contribution is -2.42. The molecule has 1 fully saturated rings. The highest BCUT2D eigenvalue weighted by atomic mass is 16.3. The standard InChI is InChI=1S/C12H18N2O/c1-10-9-11(3-6-13-10)14-7-4-12(2,15)5-8-14/h3,6,9,15H,4-5,7-8H2,1-2H3. The van der Waals surface area contributed by atoms with Crippen LogP contribution in [0, 0.1) is 6.92 Å². The van der Waals surface area contributed by atoms with E-state index in [1.54, 1.807) is 0 Å². The SMILES string of the molecule is Cc1cc(N2CCC(C)(O)CC2)ccn1. The first kappa shape index (κ1) is 10.4. The first-order chi connectivity index (χ1) is 7.07. The van der Waals surface area contributed by atoms with Gasteiger partial charge in [-0.05, 0) is 38.8 Å². The number of rotatable bonds is 1. The van der Waals surface area contributed by atoms with Crippen LogP contribution >= 0.6 is 0 Å². The lowest BCUT2D eigenvalue weighted by molar-refractivity contribution is 0.0351. The Labute approximate surface area is 90.8 Å². The molecular formula is C12H18N2O. The van der Waals surface area contributed by atoms with Crippen molar-refractivity contribution in [2.45, 2.75) is 32.3 Å². The van der Waals surface area contributed by atoms with Crippen LogP contribution in [0.4, 0.5) is 5.69 Å². The van der Waals surface area contributed by atoms with Gasteiger partial charge in [-0.15, -0.1) is 0 Å². The van der Waals surface area contributed by atoms with Gasteiger partial charge in [-0.25, -0.2) is 0 Å². The Morgan fingerprint density at radius 2 is 2.07 bits per heavy atom. The predicted molar refractivity (Wildman–Crippen MR) is 61.0 cm³/mol. The number of aliphatic hydroxyl groups is 1. The van der Waals surface area contributed by atoms with Crippen LogP contribution in [0.2, 0.25) is 0 Å². The van der Waals surface area contributed by atoms with Crippen molar-refractivity contribution in [1.29, 1.82) is 0 Å². The largest absolute Gasteiger partial charge is 0.390 e. The van der Waals surface area contributed by atoms with Crippen LogP contribution in [0.5, 0.6) is 0 Å². The number of aromatic nitrogens is 1. The summed E-state index contributed by atoms with van der Waals surface area (Å²) in [6.07, 6.45) is 3.53. The molecule has 15 heavy (non-hydrogen) atoms. The van der Waals surface area contributed by atoms with Crippen molar-refractivity contribution in [3.63, 3.8) is 0 Å². The first-order valence-corrected chi connectivity index (χ1v) is 5.47. The Hall–Kier alpha value is -1.09. The predicted octanol–water partition coefficient (Wildman–Crippen LogP) is 1.74. The minimum atomic E-state index is -0.474. The van der Waals surface area contributed by atoms with Crippen molar-refractivity contribution in [2.24, 2.45) is 0 Å². The zero-order valence-corrected chi connectivity index (χ0v) is 9.40. The van der Waals surface area contributed by atoms with E-state index in [0.29, 0.717) is 0 Å². The van der Waals surface area contributed by atoms with Crippen LogP contribution in [0.25, 0.3) is 0 Å². The lowest BCUT2D eigenvalue weighted by Gasteiger charge is -2.37. The molecule has 1 saturated heterocycles. The van der Waals surface area contributed by atoms with E-state index in [2.05, 4.69) is 16.0 Å². The number of hydrogen-bond acceptors (Lipinski definition) is 3. The second kappa shape index (κ2) is 3.81. The molecule has 0 aliphatic carbocycles. The monoisotopic (exact) mass is 206 g/mol. The van der Waals surface area contributed by atoms with Crippen LogP contribution in [0.1, 0.15) is 25.5 Å². The third kappa shape index (κ3) is 2.48. The van der Waals surface area contributed by atoms with Crippen molar-refractivity contribution in [2.75, 3.05) is 18.0 Å². The molecule has 1 aromatic rings. The van der Waals surface area contributed by atoms with Gasteiger partial charge < -0.3 is 10.0 Å². The van der Waals surface area contributed by atoms with E-state index in [1.807, 2.05) is 26.1 Å². The highest BCUT2D eigenvalue weighted by Crippen LogP contribution is 2.25. The van der Waals surface area contributed by atoms with Gasteiger partial charge >= 0.3 is 0 Å². The van der Waals surface area contributed by atoms with Crippen LogP contribution in [-0.4, -0.2) is 28.8 Å². The number of pyridine rings is 1. The van der Waals surface area contributed by atoms with Gasteiger partial charge in [0, 0.05) is 30.7 Å². The number of aryl methyl sites for hydroxylation is 1. The van der Waals surface area contributed by atoms with Crippen molar-refractivity contribution in [1.82, 2.24) is 4.98 Å². The summed E-state index contributed by atoms with van der Waals surface area (Å²) in [5, 5.41) is 9.85. The number of anilines is 1. The highest BCUT2D eigenvalue weighted by Gasteiger charge is 2.27. The average molecular weight is 206 g/mol. The molecule has 1 aliphatic rings. The number of hydrogen-bond donors (Lipinski definition) is 1. The quantitative estimate of drug-likeness (QED) is 0.760. The summed E-state index contributed by atoms with van der Waals surface area (Å²) in [7, 11) is 0. The fourth-order valence-electron chi connectivity index (χ4n) is 1.97. The molecule has 2 rings (SSSR count). The second-order valence-electron chi connectivity index (χ2n) is 4.64. The number of nitrogens with zero attached hydrogens (tertiary/aromatic N) is 2.